The Kier molecular flexibility index (Phi) is 5.66. The Morgan fingerprint density at radius 2 is 1.93 bits per heavy atom. The predicted molar refractivity (Wildman–Crippen MR) is 112 cm³/mol. The number of carbonyl (C=O) groups is 1. The number of thioether (sulfide) groups is 1. The van der Waals surface area contributed by atoms with E-state index in [2.05, 4.69) is 20.4 Å². The van der Waals surface area contributed by atoms with Gasteiger partial charge in [-0.25, -0.2) is 19.0 Å². The fraction of sp³-hybridized carbons (Fsp3) is 0.0526. The second kappa shape index (κ2) is 8.36. The number of benzene rings is 2. The van der Waals surface area contributed by atoms with Crippen molar-refractivity contribution in [3.8, 4) is 5.69 Å². The van der Waals surface area contributed by atoms with E-state index in [1.807, 2.05) is 12.1 Å². The minimum atomic E-state index is -0.542. The van der Waals surface area contributed by atoms with E-state index >= 15 is 0 Å². The lowest BCUT2D eigenvalue weighted by atomic mass is 10.3. The molecule has 1 amide bonds. The number of amides is 1. The van der Waals surface area contributed by atoms with E-state index in [-0.39, 0.29) is 16.7 Å². The van der Waals surface area contributed by atoms with Gasteiger partial charge in [-0.15, -0.1) is 0 Å². The normalized spacial score (nSPS) is 11.0. The predicted octanol–water partition coefficient (Wildman–Crippen LogP) is 4.99. The van der Waals surface area contributed by atoms with E-state index in [0.29, 0.717) is 21.4 Å². The van der Waals surface area contributed by atoms with Gasteiger partial charge in [0.2, 0.25) is 5.91 Å². The number of halogens is 3. The summed E-state index contributed by atoms with van der Waals surface area (Å²) < 4.78 is 14.9. The Hall–Kier alpha value is -2.68. The van der Waals surface area contributed by atoms with Gasteiger partial charge in [-0.1, -0.05) is 35.0 Å². The summed E-state index contributed by atoms with van der Waals surface area (Å²) in [4.78, 5) is 20.8. The molecule has 0 saturated carbocycles. The quantitative estimate of drug-likeness (QED) is 0.344. The molecule has 0 aliphatic rings. The number of aromatic nitrogens is 4. The average molecular weight is 448 g/mol. The Bertz CT molecular complexity index is 1200. The van der Waals surface area contributed by atoms with Crippen LogP contribution in [0.1, 0.15) is 0 Å². The topological polar surface area (TPSA) is 72.7 Å². The third-order valence-electron chi connectivity index (χ3n) is 3.94. The Labute approximate surface area is 179 Å². The highest BCUT2D eigenvalue weighted by Crippen LogP contribution is 2.26. The van der Waals surface area contributed by atoms with Gasteiger partial charge in [0.15, 0.2) is 5.65 Å². The fourth-order valence-electron chi connectivity index (χ4n) is 2.61. The molecule has 2 aromatic heterocycles. The number of nitrogens with zero attached hydrogens (tertiary/aromatic N) is 4. The number of carbonyl (C=O) groups excluding carboxylic acids is 1. The third kappa shape index (κ3) is 4.34. The molecule has 2 aromatic carbocycles. The first-order valence-corrected chi connectivity index (χ1v) is 10.1. The molecule has 0 bridgehead atoms. The number of hydrogen-bond donors (Lipinski definition) is 1. The first-order chi connectivity index (χ1) is 14.0. The largest absolute Gasteiger partial charge is 0.325 e. The van der Waals surface area contributed by atoms with Crippen LogP contribution in [0.25, 0.3) is 16.7 Å². The molecule has 0 saturated heterocycles. The lowest BCUT2D eigenvalue weighted by Gasteiger charge is -2.06. The van der Waals surface area contributed by atoms with Gasteiger partial charge >= 0.3 is 0 Å². The van der Waals surface area contributed by atoms with E-state index < -0.39 is 5.82 Å². The number of fused-ring (bicyclic) bond motifs is 1. The van der Waals surface area contributed by atoms with Gasteiger partial charge in [0.25, 0.3) is 0 Å². The maximum absolute atomic E-state index is 13.2. The Balaban J connectivity index is 1.50. The summed E-state index contributed by atoms with van der Waals surface area (Å²) in [5.41, 5.74) is 1.85. The van der Waals surface area contributed by atoms with Crippen molar-refractivity contribution in [2.75, 3.05) is 11.1 Å². The molecule has 0 radical (unpaired) electrons. The molecule has 29 heavy (non-hydrogen) atoms. The van der Waals surface area contributed by atoms with E-state index in [1.165, 1.54) is 36.3 Å². The molecule has 4 aromatic rings. The molecule has 1 N–H and O–H groups in total. The molecule has 0 fully saturated rings. The van der Waals surface area contributed by atoms with Crippen LogP contribution >= 0.6 is 35.0 Å². The first kappa shape index (κ1) is 19.6. The molecule has 0 aliphatic heterocycles. The summed E-state index contributed by atoms with van der Waals surface area (Å²) in [7, 11) is 0. The van der Waals surface area contributed by atoms with Crippen LogP contribution in [-0.2, 0) is 4.79 Å². The van der Waals surface area contributed by atoms with E-state index in [4.69, 9.17) is 23.2 Å². The molecule has 0 spiro atoms. The molecule has 0 unspecified atom stereocenters. The smallest absolute Gasteiger partial charge is 0.234 e. The van der Waals surface area contributed by atoms with Crippen LogP contribution in [0.5, 0.6) is 0 Å². The number of hydrogen-bond acceptors (Lipinski definition) is 5. The minimum absolute atomic E-state index is 0.0532. The van der Waals surface area contributed by atoms with Gasteiger partial charge in [-0.2, -0.15) is 5.10 Å². The van der Waals surface area contributed by atoms with Crippen LogP contribution in [0.15, 0.2) is 60.0 Å². The highest BCUT2D eigenvalue weighted by atomic mass is 35.5. The lowest BCUT2D eigenvalue weighted by Crippen LogP contribution is -2.14. The summed E-state index contributed by atoms with van der Waals surface area (Å²) in [5, 5.41) is 8.98. The molecule has 0 aliphatic carbocycles. The summed E-state index contributed by atoms with van der Waals surface area (Å²) in [6, 6.07) is 11.2. The molecule has 4 rings (SSSR count). The molecular formula is C19H12Cl2FN5OS. The first-order valence-electron chi connectivity index (χ1n) is 8.33. The van der Waals surface area contributed by atoms with Crippen molar-refractivity contribution in [3.63, 3.8) is 0 Å². The Morgan fingerprint density at radius 3 is 2.69 bits per heavy atom. The molecule has 146 valence electrons. The monoisotopic (exact) mass is 447 g/mol. The van der Waals surface area contributed by atoms with Gasteiger partial charge in [0.05, 0.1) is 28.0 Å². The zero-order chi connectivity index (χ0) is 20.4. The molecule has 10 heteroatoms. The van der Waals surface area contributed by atoms with Crippen molar-refractivity contribution < 1.29 is 9.18 Å². The van der Waals surface area contributed by atoms with Crippen LogP contribution in [0.4, 0.5) is 10.1 Å². The van der Waals surface area contributed by atoms with Gasteiger partial charge in [-0.05, 0) is 42.5 Å². The minimum Gasteiger partial charge on any atom is -0.325 e. The zero-order valence-electron chi connectivity index (χ0n) is 14.6. The molecule has 0 atom stereocenters. The average Bonchev–Trinajstić information content (AvgIpc) is 3.14. The Morgan fingerprint density at radius 1 is 1.14 bits per heavy atom. The van der Waals surface area contributed by atoms with Crippen LogP contribution in [0, 0.1) is 5.82 Å². The van der Waals surface area contributed by atoms with Gasteiger partial charge in [-0.3, -0.25) is 4.79 Å². The van der Waals surface area contributed by atoms with Crippen LogP contribution in [-0.4, -0.2) is 31.4 Å². The zero-order valence-corrected chi connectivity index (χ0v) is 17.0. The number of nitrogens with one attached hydrogen (secondary N) is 1. The van der Waals surface area contributed by atoms with Gasteiger partial charge in [0.1, 0.15) is 17.2 Å². The second-order valence-corrected chi connectivity index (χ2v) is 7.72. The number of anilines is 1. The highest BCUT2D eigenvalue weighted by Gasteiger charge is 2.13. The van der Waals surface area contributed by atoms with Crippen molar-refractivity contribution in [2.45, 2.75) is 5.03 Å². The van der Waals surface area contributed by atoms with E-state index in [1.54, 1.807) is 23.0 Å². The molecule has 2 heterocycles. The van der Waals surface area contributed by atoms with Gasteiger partial charge < -0.3 is 5.32 Å². The second-order valence-electron chi connectivity index (χ2n) is 5.91. The van der Waals surface area contributed by atoms with E-state index in [0.717, 1.165) is 11.1 Å². The van der Waals surface area contributed by atoms with Crippen LogP contribution in [0.2, 0.25) is 10.0 Å². The fourth-order valence-corrected chi connectivity index (χ4v) is 3.68. The van der Waals surface area contributed by atoms with Crippen molar-refractivity contribution >= 4 is 57.6 Å². The van der Waals surface area contributed by atoms with E-state index in [9.17, 15) is 9.18 Å². The SMILES string of the molecule is O=C(CSc1ncnc2c1cnn2-c1ccc(Cl)cc1)Nc1ccc(F)c(Cl)c1. The lowest BCUT2D eigenvalue weighted by molar-refractivity contribution is -0.113. The standard InChI is InChI=1S/C19H12Cl2FN5OS/c20-11-1-4-13(5-2-11)27-18-14(8-25-27)19(24-10-23-18)29-9-17(28)26-12-3-6-16(22)15(21)7-12/h1-8,10H,9H2,(H,26,28). The maximum Gasteiger partial charge on any atom is 0.234 e. The maximum atomic E-state index is 13.2. The summed E-state index contributed by atoms with van der Waals surface area (Å²) in [6.07, 6.45) is 3.08. The summed E-state index contributed by atoms with van der Waals surface area (Å²) in [6.45, 7) is 0. The highest BCUT2D eigenvalue weighted by molar-refractivity contribution is 8.00. The molecular weight excluding hydrogens is 436 g/mol. The van der Waals surface area contributed by atoms with Crippen molar-refractivity contribution in [1.29, 1.82) is 0 Å². The van der Waals surface area contributed by atoms with Crippen LogP contribution in [0.3, 0.4) is 0 Å². The third-order valence-corrected chi connectivity index (χ3v) is 5.49. The molecule has 6 nitrogen and oxygen atoms in total. The van der Waals surface area contributed by atoms with Crippen molar-refractivity contribution in [2.24, 2.45) is 0 Å². The number of rotatable bonds is 5. The summed E-state index contributed by atoms with van der Waals surface area (Å²) in [5.74, 6) is -0.706. The van der Waals surface area contributed by atoms with Crippen LogP contribution < -0.4 is 5.32 Å². The summed E-state index contributed by atoms with van der Waals surface area (Å²) >= 11 is 12.9. The van der Waals surface area contributed by atoms with Gasteiger partial charge in [0, 0.05) is 10.7 Å². The van der Waals surface area contributed by atoms with Crippen molar-refractivity contribution in [1.82, 2.24) is 19.7 Å². The van der Waals surface area contributed by atoms with Crippen molar-refractivity contribution in [3.05, 3.63) is 70.9 Å².